The van der Waals surface area contributed by atoms with Gasteiger partial charge in [0, 0.05) is 31.6 Å². The van der Waals surface area contributed by atoms with Gasteiger partial charge in [-0.05, 0) is 38.0 Å². The Morgan fingerprint density at radius 3 is 2.56 bits per heavy atom. The fourth-order valence-corrected chi connectivity index (χ4v) is 3.47. The molecule has 0 aliphatic heterocycles. The summed E-state index contributed by atoms with van der Waals surface area (Å²) in [5.41, 5.74) is 0. The number of aliphatic carboxylic acids is 1. The van der Waals surface area contributed by atoms with E-state index in [2.05, 4.69) is 0 Å². The molecule has 0 aromatic carbocycles. The maximum atomic E-state index is 13.8. The Labute approximate surface area is 158 Å². The first kappa shape index (κ1) is 23.4. The van der Waals surface area contributed by atoms with Gasteiger partial charge in [0.1, 0.15) is 5.78 Å². The summed E-state index contributed by atoms with van der Waals surface area (Å²) in [5.74, 6) is -6.42. The van der Waals surface area contributed by atoms with E-state index >= 15 is 0 Å². The number of ketones is 2. The fraction of sp³-hybridized carbons (Fsp3) is 0.750. The molecule has 1 aliphatic rings. The highest BCUT2D eigenvalue weighted by Crippen LogP contribution is 2.36. The summed E-state index contributed by atoms with van der Waals surface area (Å²) >= 11 is 0. The van der Waals surface area contributed by atoms with Crippen molar-refractivity contribution in [2.75, 3.05) is 0 Å². The van der Waals surface area contributed by atoms with Crippen molar-refractivity contribution < 1.29 is 33.4 Å². The zero-order valence-electron chi connectivity index (χ0n) is 15.8. The van der Waals surface area contributed by atoms with Crippen LogP contribution in [0.25, 0.3) is 0 Å². The molecular weight excluding hydrogens is 358 g/mol. The van der Waals surface area contributed by atoms with E-state index in [-0.39, 0.29) is 37.9 Å². The molecule has 154 valence electrons. The number of alkyl halides is 2. The molecule has 0 aromatic heterocycles. The molecule has 3 atom stereocenters. The number of aliphatic hydroxyl groups excluding tert-OH is 1. The van der Waals surface area contributed by atoms with Gasteiger partial charge in [-0.15, -0.1) is 0 Å². The summed E-state index contributed by atoms with van der Waals surface area (Å²) < 4.78 is 27.6. The number of allylic oxidation sites excluding steroid dienone is 2. The molecule has 0 spiro atoms. The van der Waals surface area contributed by atoms with Crippen LogP contribution in [0.3, 0.4) is 0 Å². The summed E-state index contributed by atoms with van der Waals surface area (Å²) in [5, 5.41) is 18.7. The number of hydrogen-bond donors (Lipinski definition) is 2. The number of hydrogen-bond acceptors (Lipinski definition) is 4. The highest BCUT2D eigenvalue weighted by atomic mass is 19.3. The second-order valence-electron chi connectivity index (χ2n) is 7.27. The van der Waals surface area contributed by atoms with Gasteiger partial charge in [0.15, 0.2) is 0 Å². The molecule has 1 unspecified atom stereocenters. The first-order chi connectivity index (χ1) is 12.7. The van der Waals surface area contributed by atoms with Crippen LogP contribution in [0.5, 0.6) is 0 Å². The average molecular weight is 388 g/mol. The van der Waals surface area contributed by atoms with Crippen molar-refractivity contribution in [1.82, 2.24) is 0 Å². The number of halogens is 2. The predicted molar refractivity (Wildman–Crippen MR) is 96.6 cm³/mol. The Bertz CT molecular complexity index is 544. The predicted octanol–water partition coefficient (Wildman–Crippen LogP) is 3.93. The van der Waals surface area contributed by atoms with Crippen LogP contribution in [0.1, 0.15) is 71.1 Å². The van der Waals surface area contributed by atoms with E-state index in [9.17, 15) is 28.3 Å². The molecule has 27 heavy (non-hydrogen) atoms. The molecule has 0 radical (unpaired) electrons. The molecule has 1 rings (SSSR count). The van der Waals surface area contributed by atoms with Crippen LogP contribution in [0.15, 0.2) is 12.2 Å². The lowest BCUT2D eigenvalue weighted by Crippen LogP contribution is -2.30. The molecular formula is C20H30F2O5. The van der Waals surface area contributed by atoms with Crippen LogP contribution >= 0.6 is 0 Å². The zero-order valence-corrected chi connectivity index (χ0v) is 15.8. The summed E-state index contributed by atoms with van der Waals surface area (Å²) in [7, 11) is 0. The van der Waals surface area contributed by atoms with Crippen molar-refractivity contribution in [3.63, 3.8) is 0 Å². The summed E-state index contributed by atoms with van der Waals surface area (Å²) in [6.07, 6.45) is 4.29. The normalized spacial score (nSPS) is 23.3. The Morgan fingerprint density at radius 1 is 1.22 bits per heavy atom. The SMILES string of the molecule is CCCCC(F)(F)C(=O)CCC1[C@H](O)CC(=O)[C@@H]1C/C=C\CCCC(=O)O. The third kappa shape index (κ3) is 7.87. The smallest absolute Gasteiger partial charge is 0.305 e. The van der Waals surface area contributed by atoms with Crippen molar-refractivity contribution in [2.24, 2.45) is 11.8 Å². The number of carboxylic acid groups (broad SMARTS) is 1. The van der Waals surface area contributed by atoms with Gasteiger partial charge in [-0.3, -0.25) is 14.4 Å². The standard InChI is InChI=1S/C20H30F2O5/c1-2-3-12-20(21,22)18(25)11-10-15-14(16(23)13-17(15)24)8-6-4-5-7-9-19(26)27/h4,6,14-15,17,24H,2-3,5,7-13H2,1H3,(H,26,27)/b6-4-/t14-,15?,17-/m1/s1. The topological polar surface area (TPSA) is 91.7 Å². The molecule has 1 aliphatic carbocycles. The third-order valence-electron chi connectivity index (χ3n) is 5.11. The first-order valence-electron chi connectivity index (χ1n) is 9.67. The fourth-order valence-electron chi connectivity index (χ4n) is 3.47. The highest BCUT2D eigenvalue weighted by molar-refractivity contribution is 5.86. The van der Waals surface area contributed by atoms with Gasteiger partial charge in [0.05, 0.1) is 6.10 Å². The molecule has 2 N–H and O–H groups in total. The summed E-state index contributed by atoms with van der Waals surface area (Å²) in [6.45, 7) is 1.78. The van der Waals surface area contributed by atoms with Crippen LogP contribution in [-0.4, -0.2) is 39.8 Å². The van der Waals surface area contributed by atoms with E-state index in [1.165, 1.54) is 0 Å². The number of unbranched alkanes of at least 4 members (excludes halogenated alkanes) is 2. The van der Waals surface area contributed by atoms with Crippen molar-refractivity contribution >= 4 is 17.5 Å². The first-order valence-corrected chi connectivity index (χ1v) is 9.67. The number of carbonyl (C=O) groups is 3. The molecule has 0 amide bonds. The van der Waals surface area contributed by atoms with Gasteiger partial charge in [0.2, 0.25) is 5.78 Å². The number of carbonyl (C=O) groups excluding carboxylic acids is 2. The van der Waals surface area contributed by atoms with Gasteiger partial charge >= 0.3 is 11.9 Å². The van der Waals surface area contributed by atoms with E-state index in [1.54, 1.807) is 19.1 Å². The Kier molecular flexibility index (Phi) is 9.77. The largest absolute Gasteiger partial charge is 0.481 e. The minimum absolute atomic E-state index is 0.0113. The minimum atomic E-state index is -3.34. The Balaban J connectivity index is 2.53. The van der Waals surface area contributed by atoms with Gasteiger partial charge in [-0.25, -0.2) is 0 Å². The van der Waals surface area contributed by atoms with Crippen LogP contribution in [0.2, 0.25) is 0 Å². The lowest BCUT2D eigenvalue weighted by atomic mass is 9.86. The van der Waals surface area contributed by atoms with E-state index in [4.69, 9.17) is 5.11 Å². The molecule has 0 heterocycles. The lowest BCUT2D eigenvalue weighted by molar-refractivity contribution is -0.144. The van der Waals surface area contributed by atoms with E-state index in [0.717, 1.165) is 0 Å². The zero-order chi connectivity index (χ0) is 20.4. The number of Topliss-reactive ketones (excluding diaryl/α,β-unsaturated/α-hetero) is 2. The van der Waals surface area contributed by atoms with Crippen molar-refractivity contribution in [3.8, 4) is 0 Å². The van der Waals surface area contributed by atoms with Gasteiger partial charge < -0.3 is 10.2 Å². The average Bonchev–Trinajstić information content (AvgIpc) is 2.86. The lowest BCUT2D eigenvalue weighted by Gasteiger charge is -2.21. The van der Waals surface area contributed by atoms with Crippen LogP contribution in [0, 0.1) is 11.8 Å². The van der Waals surface area contributed by atoms with E-state index in [1.807, 2.05) is 0 Å². The summed E-state index contributed by atoms with van der Waals surface area (Å²) in [4.78, 5) is 34.4. The van der Waals surface area contributed by atoms with Crippen molar-refractivity contribution in [3.05, 3.63) is 12.2 Å². The maximum Gasteiger partial charge on any atom is 0.305 e. The quantitative estimate of drug-likeness (QED) is 0.368. The van der Waals surface area contributed by atoms with E-state index in [0.29, 0.717) is 25.7 Å². The molecule has 7 heteroatoms. The minimum Gasteiger partial charge on any atom is -0.481 e. The van der Waals surface area contributed by atoms with Crippen LogP contribution < -0.4 is 0 Å². The number of carboxylic acids is 1. The molecule has 1 fully saturated rings. The second-order valence-corrected chi connectivity index (χ2v) is 7.27. The van der Waals surface area contributed by atoms with Crippen LogP contribution in [-0.2, 0) is 14.4 Å². The molecule has 0 bridgehead atoms. The van der Waals surface area contributed by atoms with Gasteiger partial charge in [-0.2, -0.15) is 8.78 Å². The maximum absolute atomic E-state index is 13.8. The molecule has 1 saturated carbocycles. The highest BCUT2D eigenvalue weighted by Gasteiger charge is 2.43. The van der Waals surface area contributed by atoms with Gasteiger partial charge in [0.25, 0.3) is 0 Å². The Hall–Kier alpha value is -1.63. The Morgan fingerprint density at radius 2 is 1.93 bits per heavy atom. The van der Waals surface area contributed by atoms with E-state index < -0.39 is 42.0 Å². The molecule has 0 aromatic rings. The van der Waals surface area contributed by atoms with Crippen molar-refractivity contribution in [2.45, 2.75) is 83.2 Å². The summed E-state index contributed by atoms with van der Waals surface area (Å²) in [6, 6.07) is 0. The second kappa shape index (κ2) is 11.3. The third-order valence-corrected chi connectivity index (χ3v) is 5.11. The number of rotatable bonds is 13. The van der Waals surface area contributed by atoms with Crippen LogP contribution in [0.4, 0.5) is 8.78 Å². The number of aliphatic hydroxyl groups is 1. The molecule has 5 nitrogen and oxygen atoms in total. The van der Waals surface area contributed by atoms with Crippen molar-refractivity contribution in [1.29, 1.82) is 0 Å². The monoisotopic (exact) mass is 388 g/mol. The van der Waals surface area contributed by atoms with Gasteiger partial charge in [-0.1, -0.05) is 25.5 Å². The molecule has 0 saturated heterocycles.